The second-order valence-electron chi connectivity index (χ2n) is 8.62. The highest BCUT2D eigenvalue weighted by Gasteiger charge is 2.27. The Bertz CT molecular complexity index is 1170. The largest absolute Gasteiger partial charge is 0.342 e. The van der Waals surface area contributed by atoms with Gasteiger partial charge in [0, 0.05) is 30.4 Å². The second-order valence-corrected chi connectivity index (χ2v) is 10.8. The molecule has 4 rings (SSSR count). The minimum absolute atomic E-state index is 0.0395. The summed E-state index contributed by atoms with van der Waals surface area (Å²) in [6.07, 6.45) is 1.35. The van der Waals surface area contributed by atoms with E-state index in [4.69, 9.17) is 0 Å². The number of nitrogens with zero attached hydrogens (tertiary/aromatic N) is 3. The summed E-state index contributed by atoms with van der Waals surface area (Å²) in [4.78, 5) is 27.3. The fraction of sp³-hybridized carbons (Fsp3) is 0.360. The number of aryl methyl sites for hydroxylation is 3. The number of hydrogen-bond acceptors (Lipinski definition) is 7. The van der Waals surface area contributed by atoms with Crippen molar-refractivity contribution < 1.29 is 9.59 Å². The molecule has 1 aromatic heterocycles. The Hall–Kier alpha value is -2.91. The number of piperidine rings is 1. The van der Waals surface area contributed by atoms with E-state index in [-0.39, 0.29) is 17.7 Å². The second kappa shape index (κ2) is 11.0. The number of amides is 2. The molecule has 2 N–H and O–H groups in total. The monoisotopic (exact) mass is 495 g/mol. The highest BCUT2D eigenvalue weighted by Crippen LogP contribution is 2.29. The van der Waals surface area contributed by atoms with Crippen LogP contribution in [0.25, 0.3) is 0 Å². The molecule has 0 atom stereocenters. The Morgan fingerprint density at radius 3 is 2.59 bits per heavy atom. The Balaban J connectivity index is 1.22. The molecule has 9 heteroatoms. The molecule has 0 unspecified atom stereocenters. The Morgan fingerprint density at radius 2 is 1.82 bits per heavy atom. The molecule has 0 bridgehead atoms. The van der Waals surface area contributed by atoms with Crippen molar-refractivity contribution in [1.29, 1.82) is 0 Å². The quantitative estimate of drug-likeness (QED) is 0.440. The minimum atomic E-state index is -0.0740. The van der Waals surface area contributed by atoms with Crippen LogP contribution in [0, 0.1) is 26.7 Å². The van der Waals surface area contributed by atoms with Gasteiger partial charge in [0.15, 0.2) is 4.34 Å². The maximum Gasteiger partial charge on any atom is 0.233 e. The zero-order chi connectivity index (χ0) is 24.1. The normalized spacial score (nSPS) is 14.1. The number of carbonyl (C=O) groups excluding carboxylic acids is 2. The van der Waals surface area contributed by atoms with Crippen molar-refractivity contribution in [2.45, 2.75) is 38.0 Å². The van der Waals surface area contributed by atoms with Gasteiger partial charge in [-0.15, -0.1) is 10.2 Å². The molecule has 1 fully saturated rings. The van der Waals surface area contributed by atoms with Crippen molar-refractivity contribution in [2.75, 3.05) is 29.5 Å². The van der Waals surface area contributed by atoms with E-state index < -0.39 is 0 Å². The number of anilines is 3. The molecule has 2 heterocycles. The van der Waals surface area contributed by atoms with Gasteiger partial charge in [0.2, 0.25) is 16.9 Å². The molecule has 2 aromatic carbocycles. The van der Waals surface area contributed by atoms with E-state index in [9.17, 15) is 9.59 Å². The molecular weight excluding hydrogens is 466 g/mol. The average Bonchev–Trinajstić information content (AvgIpc) is 3.27. The summed E-state index contributed by atoms with van der Waals surface area (Å²) in [6.45, 7) is 7.24. The van der Waals surface area contributed by atoms with E-state index >= 15 is 0 Å². The molecule has 3 aromatic rings. The number of hydrogen-bond donors (Lipinski definition) is 2. The molecule has 7 nitrogen and oxygen atoms in total. The fourth-order valence-corrected chi connectivity index (χ4v) is 5.55. The van der Waals surface area contributed by atoms with Gasteiger partial charge < -0.3 is 15.5 Å². The first-order valence-corrected chi connectivity index (χ1v) is 13.1. The third kappa shape index (κ3) is 6.36. The van der Waals surface area contributed by atoms with E-state index in [0.29, 0.717) is 36.8 Å². The van der Waals surface area contributed by atoms with E-state index in [2.05, 4.69) is 20.8 Å². The van der Waals surface area contributed by atoms with Crippen LogP contribution in [0.3, 0.4) is 0 Å². The zero-order valence-corrected chi connectivity index (χ0v) is 21.3. The molecule has 1 aliphatic rings. The van der Waals surface area contributed by atoms with Gasteiger partial charge in [0.05, 0.1) is 5.75 Å². The van der Waals surface area contributed by atoms with Crippen LogP contribution in [0.2, 0.25) is 0 Å². The zero-order valence-electron chi connectivity index (χ0n) is 19.6. The standard InChI is InChI=1S/C25H29N5O2S2/c1-16-5-4-6-20(13-16)26-24-28-29-25(34-24)33-15-22(31)30-11-9-19(10-12-30)23(32)27-21-14-17(2)7-8-18(21)3/h4-8,13-14,19H,9-12,15H2,1-3H3,(H,26,28)(H,27,32). The molecule has 178 valence electrons. The molecule has 1 saturated heterocycles. The molecule has 34 heavy (non-hydrogen) atoms. The van der Waals surface area contributed by atoms with Crippen LogP contribution in [-0.2, 0) is 9.59 Å². The molecule has 0 saturated carbocycles. The number of carbonyl (C=O) groups is 2. The molecule has 2 amide bonds. The van der Waals surface area contributed by atoms with Crippen molar-refractivity contribution in [2.24, 2.45) is 5.92 Å². The smallest absolute Gasteiger partial charge is 0.233 e. The number of likely N-dealkylation sites (tertiary alicyclic amines) is 1. The van der Waals surface area contributed by atoms with E-state index in [1.54, 1.807) is 0 Å². The number of rotatable bonds is 7. The number of nitrogens with one attached hydrogen (secondary N) is 2. The average molecular weight is 496 g/mol. The van der Waals surface area contributed by atoms with Gasteiger partial charge in [-0.05, 0) is 68.5 Å². The maximum atomic E-state index is 12.7. The van der Waals surface area contributed by atoms with Crippen LogP contribution in [0.1, 0.15) is 29.5 Å². The molecule has 1 aliphatic heterocycles. The summed E-state index contributed by atoms with van der Waals surface area (Å²) < 4.78 is 0.756. The Kier molecular flexibility index (Phi) is 7.84. The van der Waals surface area contributed by atoms with Gasteiger partial charge in [-0.1, -0.05) is 47.4 Å². The molecule has 0 radical (unpaired) electrons. The van der Waals surface area contributed by atoms with Crippen molar-refractivity contribution in [1.82, 2.24) is 15.1 Å². The van der Waals surface area contributed by atoms with Gasteiger partial charge in [-0.2, -0.15) is 0 Å². The van der Waals surface area contributed by atoms with Gasteiger partial charge in [0.25, 0.3) is 0 Å². The van der Waals surface area contributed by atoms with Crippen LogP contribution in [0.5, 0.6) is 0 Å². The lowest BCUT2D eigenvalue weighted by Gasteiger charge is -2.31. The predicted molar refractivity (Wildman–Crippen MR) is 139 cm³/mol. The summed E-state index contributed by atoms with van der Waals surface area (Å²) in [5.74, 6) is 0.354. The van der Waals surface area contributed by atoms with Crippen LogP contribution in [0.4, 0.5) is 16.5 Å². The lowest BCUT2D eigenvalue weighted by atomic mass is 9.95. The fourth-order valence-electron chi connectivity index (χ4n) is 3.88. The number of aromatic nitrogens is 2. The van der Waals surface area contributed by atoms with Crippen LogP contribution < -0.4 is 10.6 Å². The Labute approximate surface area is 208 Å². The highest BCUT2D eigenvalue weighted by molar-refractivity contribution is 8.01. The first kappa shape index (κ1) is 24.2. The first-order chi connectivity index (χ1) is 16.4. The van der Waals surface area contributed by atoms with Crippen LogP contribution in [-0.4, -0.2) is 45.8 Å². The predicted octanol–water partition coefficient (Wildman–Crippen LogP) is 5.18. The van der Waals surface area contributed by atoms with E-state index in [1.807, 2.05) is 68.1 Å². The maximum absolute atomic E-state index is 12.7. The number of thioether (sulfide) groups is 1. The minimum Gasteiger partial charge on any atom is -0.342 e. The molecule has 0 aliphatic carbocycles. The lowest BCUT2D eigenvalue weighted by Crippen LogP contribution is -2.42. The van der Waals surface area contributed by atoms with Crippen molar-refractivity contribution in [3.05, 3.63) is 59.2 Å². The highest BCUT2D eigenvalue weighted by atomic mass is 32.2. The van der Waals surface area contributed by atoms with E-state index in [1.165, 1.54) is 28.7 Å². The van der Waals surface area contributed by atoms with Gasteiger partial charge in [0.1, 0.15) is 0 Å². The van der Waals surface area contributed by atoms with E-state index in [0.717, 1.165) is 26.8 Å². The van der Waals surface area contributed by atoms with Crippen molar-refractivity contribution in [3.8, 4) is 0 Å². The summed E-state index contributed by atoms with van der Waals surface area (Å²) in [5.41, 5.74) is 5.17. The topological polar surface area (TPSA) is 87.2 Å². The van der Waals surface area contributed by atoms with Gasteiger partial charge in [-0.3, -0.25) is 9.59 Å². The molecular formula is C25H29N5O2S2. The number of benzene rings is 2. The van der Waals surface area contributed by atoms with Crippen LogP contribution in [0.15, 0.2) is 46.8 Å². The van der Waals surface area contributed by atoms with Crippen molar-refractivity contribution in [3.63, 3.8) is 0 Å². The molecule has 0 spiro atoms. The lowest BCUT2D eigenvalue weighted by molar-refractivity contribution is -0.132. The first-order valence-electron chi connectivity index (χ1n) is 11.3. The third-order valence-corrected chi connectivity index (χ3v) is 7.82. The third-order valence-electron chi connectivity index (χ3n) is 5.86. The van der Waals surface area contributed by atoms with Crippen molar-refractivity contribution >= 4 is 51.4 Å². The SMILES string of the molecule is Cc1cccc(Nc2nnc(SCC(=O)N3CCC(C(=O)Nc4cc(C)ccc4C)CC3)s2)c1. The Morgan fingerprint density at radius 1 is 1.06 bits per heavy atom. The summed E-state index contributed by atoms with van der Waals surface area (Å²) in [6, 6.07) is 14.1. The summed E-state index contributed by atoms with van der Waals surface area (Å²) in [7, 11) is 0. The summed E-state index contributed by atoms with van der Waals surface area (Å²) >= 11 is 2.84. The van der Waals surface area contributed by atoms with Crippen LogP contribution >= 0.6 is 23.1 Å². The summed E-state index contributed by atoms with van der Waals surface area (Å²) in [5, 5.41) is 15.4. The van der Waals surface area contributed by atoms with Gasteiger partial charge in [-0.25, -0.2) is 0 Å². The van der Waals surface area contributed by atoms with Gasteiger partial charge >= 0.3 is 0 Å².